The highest BCUT2D eigenvalue weighted by Gasteiger charge is 2.45. The minimum atomic E-state index is -0.0791. The molecule has 2 fully saturated rings. The highest BCUT2D eigenvalue weighted by Crippen LogP contribution is 2.45. The van der Waals surface area contributed by atoms with E-state index >= 15 is 0 Å². The Morgan fingerprint density at radius 2 is 1.89 bits per heavy atom. The first-order valence-electron chi connectivity index (χ1n) is 9.69. The van der Waals surface area contributed by atoms with Crippen LogP contribution in [0.3, 0.4) is 0 Å². The van der Waals surface area contributed by atoms with Crippen LogP contribution < -0.4 is 0 Å². The van der Waals surface area contributed by atoms with Gasteiger partial charge in [0.1, 0.15) is 6.61 Å². The molecule has 27 heavy (non-hydrogen) atoms. The van der Waals surface area contributed by atoms with Gasteiger partial charge in [-0.05, 0) is 30.2 Å². The fourth-order valence-electron chi connectivity index (χ4n) is 4.36. The van der Waals surface area contributed by atoms with Gasteiger partial charge in [0.05, 0.1) is 19.1 Å². The number of carbonyl (C=O) groups excluding carboxylic acids is 2. The van der Waals surface area contributed by atoms with Crippen LogP contribution in [0.1, 0.15) is 30.7 Å². The third kappa shape index (κ3) is 4.68. The predicted octanol–water partition coefficient (Wildman–Crippen LogP) is 1.90. The maximum atomic E-state index is 12.7. The zero-order chi connectivity index (χ0) is 19.3. The number of piperidine rings is 2. The Bertz CT molecular complexity index is 641. The molecule has 6 nitrogen and oxygen atoms in total. The number of hydrogen-bond donors (Lipinski definition) is 0. The molecule has 0 N–H and O–H groups in total. The predicted molar refractivity (Wildman–Crippen MR) is 102 cm³/mol. The van der Waals surface area contributed by atoms with Gasteiger partial charge < -0.3 is 19.3 Å². The lowest BCUT2D eigenvalue weighted by molar-refractivity contribution is -0.145. The first-order chi connectivity index (χ1) is 13.0. The smallest absolute Gasteiger partial charge is 0.248 e. The molecule has 2 amide bonds. The van der Waals surface area contributed by atoms with Gasteiger partial charge in [-0.1, -0.05) is 30.3 Å². The highest BCUT2D eigenvalue weighted by molar-refractivity contribution is 5.84. The van der Waals surface area contributed by atoms with Gasteiger partial charge in [-0.15, -0.1) is 0 Å². The number of methoxy groups -OCH3 is 1. The molecular formula is C21H30N2O4. The molecule has 0 aromatic heterocycles. The van der Waals surface area contributed by atoms with Gasteiger partial charge in [0, 0.05) is 33.8 Å². The number of amides is 2. The van der Waals surface area contributed by atoms with Crippen molar-refractivity contribution in [1.82, 2.24) is 9.80 Å². The van der Waals surface area contributed by atoms with E-state index in [1.807, 2.05) is 47.2 Å². The summed E-state index contributed by atoms with van der Waals surface area (Å²) in [5, 5.41) is 0. The largest absolute Gasteiger partial charge is 0.382 e. The molecule has 2 heterocycles. The molecule has 148 valence electrons. The zero-order valence-corrected chi connectivity index (χ0v) is 16.4. The van der Waals surface area contributed by atoms with Crippen LogP contribution >= 0.6 is 0 Å². The van der Waals surface area contributed by atoms with Crippen LogP contribution in [-0.4, -0.2) is 75.2 Å². The lowest BCUT2D eigenvalue weighted by atomic mass is 9.67. The molecule has 0 saturated carbocycles. The quantitative estimate of drug-likeness (QED) is 0.714. The van der Waals surface area contributed by atoms with E-state index in [9.17, 15) is 9.59 Å². The molecule has 1 atom stereocenters. The van der Waals surface area contributed by atoms with Crippen molar-refractivity contribution in [2.75, 3.05) is 53.6 Å². The second kappa shape index (κ2) is 8.85. The molecule has 0 bridgehead atoms. The molecule has 1 aromatic rings. The summed E-state index contributed by atoms with van der Waals surface area (Å²) < 4.78 is 10.3. The van der Waals surface area contributed by atoms with E-state index in [1.54, 1.807) is 7.11 Å². The second-order valence-electron chi connectivity index (χ2n) is 7.79. The summed E-state index contributed by atoms with van der Waals surface area (Å²) in [6, 6.07) is 10.1. The molecule has 2 aliphatic rings. The number of ether oxygens (including phenoxy) is 2. The number of likely N-dealkylation sites (tertiary alicyclic amines) is 2. The van der Waals surface area contributed by atoms with Crippen molar-refractivity contribution in [2.24, 2.45) is 5.41 Å². The Morgan fingerprint density at radius 3 is 2.56 bits per heavy atom. The summed E-state index contributed by atoms with van der Waals surface area (Å²) in [7, 11) is 3.52. The first kappa shape index (κ1) is 19.8. The van der Waals surface area contributed by atoms with Crippen molar-refractivity contribution in [3.05, 3.63) is 35.9 Å². The fourth-order valence-corrected chi connectivity index (χ4v) is 4.36. The first-order valence-corrected chi connectivity index (χ1v) is 9.69. The Hall–Kier alpha value is -1.92. The van der Waals surface area contributed by atoms with Crippen molar-refractivity contribution in [3.63, 3.8) is 0 Å². The normalized spacial score (nSPS) is 22.3. The number of carbonyl (C=O) groups is 2. The molecule has 1 spiro atoms. The number of benzene rings is 1. The highest BCUT2D eigenvalue weighted by atomic mass is 16.5. The van der Waals surface area contributed by atoms with Gasteiger partial charge in [0.2, 0.25) is 11.8 Å². The monoisotopic (exact) mass is 374 g/mol. The van der Waals surface area contributed by atoms with Crippen molar-refractivity contribution in [1.29, 1.82) is 0 Å². The van der Waals surface area contributed by atoms with E-state index in [-0.39, 0.29) is 29.8 Å². The van der Waals surface area contributed by atoms with Crippen molar-refractivity contribution >= 4 is 11.8 Å². The Balaban J connectivity index is 1.59. The Labute approximate surface area is 161 Å². The van der Waals surface area contributed by atoms with Crippen LogP contribution in [0.25, 0.3) is 0 Å². The molecule has 1 aromatic carbocycles. The van der Waals surface area contributed by atoms with E-state index in [0.29, 0.717) is 13.2 Å². The SMILES string of the molecule is COCCOCC(=O)N1CCC2(CC1)C[C@@H](c1ccccc1)C(=O)N(C)C2. The minimum absolute atomic E-state index is 0.0424. The maximum Gasteiger partial charge on any atom is 0.248 e. The molecule has 3 rings (SSSR count). The van der Waals surface area contributed by atoms with Crippen molar-refractivity contribution in [2.45, 2.75) is 25.2 Å². The minimum Gasteiger partial charge on any atom is -0.382 e. The number of likely N-dealkylation sites (N-methyl/N-ethyl adjacent to an activating group) is 1. The Kier molecular flexibility index (Phi) is 6.50. The summed E-state index contributed by atoms with van der Waals surface area (Å²) in [4.78, 5) is 28.8. The van der Waals surface area contributed by atoms with Crippen LogP contribution in [0.2, 0.25) is 0 Å². The maximum absolute atomic E-state index is 12.7. The van der Waals surface area contributed by atoms with Crippen LogP contribution in [0.15, 0.2) is 30.3 Å². The van der Waals surface area contributed by atoms with Crippen LogP contribution in [0, 0.1) is 5.41 Å². The number of hydrogen-bond acceptors (Lipinski definition) is 4. The van der Waals surface area contributed by atoms with Crippen molar-refractivity contribution < 1.29 is 19.1 Å². The Morgan fingerprint density at radius 1 is 1.19 bits per heavy atom. The van der Waals surface area contributed by atoms with Crippen LogP contribution in [0.5, 0.6) is 0 Å². The molecular weight excluding hydrogens is 344 g/mol. The van der Waals surface area contributed by atoms with Gasteiger partial charge in [0.25, 0.3) is 0 Å². The van der Waals surface area contributed by atoms with Gasteiger partial charge in [0.15, 0.2) is 0 Å². The number of rotatable bonds is 6. The van der Waals surface area contributed by atoms with Gasteiger partial charge >= 0.3 is 0 Å². The third-order valence-electron chi connectivity index (χ3n) is 5.92. The fraction of sp³-hybridized carbons (Fsp3) is 0.619. The lowest BCUT2D eigenvalue weighted by Gasteiger charge is -2.49. The topological polar surface area (TPSA) is 59.1 Å². The third-order valence-corrected chi connectivity index (χ3v) is 5.92. The van der Waals surface area contributed by atoms with E-state index in [2.05, 4.69) is 0 Å². The van der Waals surface area contributed by atoms with E-state index in [1.165, 1.54) is 0 Å². The molecule has 2 saturated heterocycles. The molecule has 6 heteroatoms. The standard InChI is InChI=1S/C21H30N2O4/c1-22-16-21(14-18(20(22)25)17-6-4-3-5-7-17)8-10-23(11-9-21)19(24)15-27-13-12-26-2/h3-7,18H,8-16H2,1-2H3/t18-/m0/s1. The molecule has 2 aliphatic heterocycles. The summed E-state index contributed by atoms with van der Waals surface area (Å²) in [5.74, 6) is 0.169. The molecule has 0 unspecified atom stereocenters. The van der Waals surface area contributed by atoms with Crippen LogP contribution in [0.4, 0.5) is 0 Å². The average molecular weight is 374 g/mol. The van der Waals surface area contributed by atoms with Gasteiger partial charge in [-0.25, -0.2) is 0 Å². The average Bonchev–Trinajstić information content (AvgIpc) is 2.69. The van der Waals surface area contributed by atoms with Gasteiger partial charge in [-0.3, -0.25) is 9.59 Å². The lowest BCUT2D eigenvalue weighted by Crippen LogP contribution is -2.53. The van der Waals surface area contributed by atoms with Crippen molar-refractivity contribution in [3.8, 4) is 0 Å². The van der Waals surface area contributed by atoms with Gasteiger partial charge in [-0.2, -0.15) is 0 Å². The molecule has 0 aliphatic carbocycles. The molecule has 0 radical (unpaired) electrons. The summed E-state index contributed by atoms with van der Waals surface area (Å²) in [6.07, 6.45) is 2.72. The van der Waals surface area contributed by atoms with E-state index in [0.717, 1.165) is 44.5 Å². The zero-order valence-electron chi connectivity index (χ0n) is 16.4. The second-order valence-corrected chi connectivity index (χ2v) is 7.79. The van der Waals surface area contributed by atoms with Crippen LogP contribution in [-0.2, 0) is 19.1 Å². The van der Waals surface area contributed by atoms with E-state index < -0.39 is 0 Å². The summed E-state index contributed by atoms with van der Waals surface area (Å²) >= 11 is 0. The summed E-state index contributed by atoms with van der Waals surface area (Å²) in [6.45, 7) is 3.29. The van der Waals surface area contributed by atoms with E-state index in [4.69, 9.17) is 9.47 Å². The number of nitrogens with zero attached hydrogens (tertiary/aromatic N) is 2. The summed E-state index contributed by atoms with van der Waals surface area (Å²) in [5.41, 5.74) is 1.19.